The molecule has 0 radical (unpaired) electrons. The van der Waals surface area contributed by atoms with E-state index in [0.717, 1.165) is 5.56 Å². The lowest BCUT2D eigenvalue weighted by molar-refractivity contribution is 0.106. The predicted molar refractivity (Wildman–Crippen MR) is 215 cm³/mol. The number of azo groups is 2. The average Bonchev–Trinajstić information content (AvgIpc) is 3.19. The Morgan fingerprint density at radius 3 is 1.73 bits per heavy atom. The van der Waals surface area contributed by atoms with E-state index >= 15 is 0 Å². The largest absolute Gasteiger partial charge is 0.744 e. The Morgan fingerprint density at radius 2 is 1.15 bits per heavy atom. The molecule has 1 aliphatic carbocycles. The number of fused-ring (bicyclic) bond motifs is 2. The first-order valence-corrected chi connectivity index (χ1v) is 21.0. The van der Waals surface area contributed by atoms with E-state index in [9.17, 15) is 43.7 Å². The number of nitrogens with zero attached hydrogens (tertiary/aromatic N) is 5. The maximum atomic E-state index is 13.7. The fourth-order valence-electron chi connectivity index (χ4n) is 6.03. The van der Waals surface area contributed by atoms with E-state index < -0.39 is 79.0 Å². The second-order valence-corrected chi connectivity index (χ2v) is 16.6. The standard InChI is InChI=1S/C38H28N8O10S3/c39-34-28-7-4-8-30(57(48,49)50)27(28)17-18-29(34)44-41-25-13-9-21(10-14-25)22-11-15-26(16-12-22)43-45-36-31(58(51,52)53)19-23-20-32(59(54,55)56)37(38(47)33(23)35(36)40)46-42-24-5-2-1-3-6-24/h1-20,42H,39-40H2,(H,48,49,50)(H,51,52,53)(H,54,55,56)/p-3. The summed E-state index contributed by atoms with van der Waals surface area (Å²) in [5.41, 5.74) is 14.7. The molecule has 5 N–H and O–H groups in total. The van der Waals surface area contributed by atoms with Gasteiger partial charge in [-0.1, -0.05) is 60.7 Å². The Morgan fingerprint density at radius 1 is 0.559 bits per heavy atom. The van der Waals surface area contributed by atoms with Crippen LogP contribution in [-0.2, 0) is 30.4 Å². The summed E-state index contributed by atoms with van der Waals surface area (Å²) in [5.74, 6) is -1.16. The van der Waals surface area contributed by atoms with Crippen molar-refractivity contribution < 1.29 is 43.7 Å². The van der Waals surface area contributed by atoms with Crippen LogP contribution in [0.15, 0.2) is 156 Å². The smallest absolute Gasteiger partial charge is 0.217 e. The molecule has 0 aliphatic heterocycles. The van der Waals surface area contributed by atoms with Gasteiger partial charge in [-0.25, -0.2) is 25.3 Å². The summed E-state index contributed by atoms with van der Waals surface area (Å²) in [6.45, 7) is 0. The summed E-state index contributed by atoms with van der Waals surface area (Å²) in [7, 11) is -15.4. The van der Waals surface area contributed by atoms with Gasteiger partial charge in [-0.3, -0.25) is 10.2 Å². The Kier molecular flexibility index (Phi) is 10.5. The number of ketones is 1. The quantitative estimate of drug-likeness (QED) is 0.0549. The van der Waals surface area contributed by atoms with Gasteiger partial charge in [0, 0.05) is 10.8 Å². The fraction of sp³-hybridized carbons (Fsp3) is 0. The number of anilines is 3. The summed E-state index contributed by atoms with van der Waals surface area (Å²) in [5, 5.41) is 20.7. The number of nitrogens with one attached hydrogen (secondary N) is 1. The zero-order valence-corrected chi connectivity index (χ0v) is 32.2. The lowest BCUT2D eigenvalue weighted by Gasteiger charge is -2.23. The molecule has 0 unspecified atom stereocenters. The van der Waals surface area contributed by atoms with Crippen LogP contribution in [0.3, 0.4) is 0 Å². The van der Waals surface area contributed by atoms with Crippen LogP contribution >= 0.6 is 0 Å². The fourth-order valence-corrected chi connectivity index (χ4v) is 8.02. The number of allylic oxidation sites excluding steroid dienone is 1. The van der Waals surface area contributed by atoms with Gasteiger partial charge in [-0.05, 0) is 77.4 Å². The first-order valence-electron chi connectivity index (χ1n) is 16.7. The molecule has 1 aliphatic rings. The number of benzene rings is 6. The normalized spacial score (nSPS) is 14.3. The average molecular weight is 850 g/mol. The Hall–Kier alpha value is -7.01. The van der Waals surface area contributed by atoms with Gasteiger partial charge < -0.3 is 25.1 Å². The number of nitrogens with two attached hydrogens (primary N) is 2. The minimum atomic E-state index is -5.35. The van der Waals surface area contributed by atoms with Crippen molar-refractivity contribution in [2.24, 2.45) is 25.6 Å². The number of carbonyl (C=O) groups excluding carboxylic acids is 1. The predicted octanol–water partition coefficient (Wildman–Crippen LogP) is 6.86. The molecule has 0 saturated carbocycles. The van der Waals surface area contributed by atoms with E-state index in [2.05, 4.69) is 31.0 Å². The van der Waals surface area contributed by atoms with E-state index in [4.69, 9.17) is 11.5 Å². The molecule has 0 saturated heterocycles. The highest BCUT2D eigenvalue weighted by Crippen LogP contribution is 2.41. The number of nitrogen functional groups attached to an aromatic ring is 2. The number of rotatable bonds is 10. The highest BCUT2D eigenvalue weighted by molar-refractivity contribution is 7.91. The van der Waals surface area contributed by atoms with Gasteiger partial charge in [0.25, 0.3) is 0 Å². The lowest BCUT2D eigenvalue weighted by Crippen LogP contribution is -2.28. The molecule has 298 valence electrons. The van der Waals surface area contributed by atoms with Crippen molar-refractivity contribution in [3.63, 3.8) is 0 Å². The van der Waals surface area contributed by atoms with Crippen LogP contribution in [0, 0.1) is 0 Å². The SMILES string of the molecule is Nc1c(N=Nc2ccc(-c3ccc(N=Nc4ccc5c(S(=O)(=O)[O-])cccc5c4N)cc3)cc2)c(S(=O)(=O)[O-])cc2c1C(=O)C(=NNc1ccccc1)C(S(=O)(=O)[O-])=C2. The summed E-state index contributed by atoms with van der Waals surface area (Å²) in [4.78, 5) is 11.2. The molecular formula is C38H25N8O10S3-3. The lowest BCUT2D eigenvalue weighted by atomic mass is 9.92. The molecule has 18 nitrogen and oxygen atoms in total. The van der Waals surface area contributed by atoms with E-state index in [-0.39, 0.29) is 22.4 Å². The van der Waals surface area contributed by atoms with Crippen molar-refractivity contribution in [1.82, 2.24) is 0 Å². The number of hydrazone groups is 1. The minimum Gasteiger partial charge on any atom is -0.744 e. The van der Waals surface area contributed by atoms with Crippen molar-refractivity contribution in [2.75, 3.05) is 16.9 Å². The molecule has 0 bridgehead atoms. The van der Waals surface area contributed by atoms with Crippen molar-refractivity contribution in [3.05, 3.63) is 131 Å². The molecular weight excluding hydrogens is 825 g/mol. The van der Waals surface area contributed by atoms with E-state index in [1.165, 1.54) is 36.4 Å². The third-order valence-electron chi connectivity index (χ3n) is 8.82. The maximum Gasteiger partial charge on any atom is 0.217 e. The third kappa shape index (κ3) is 8.36. The Bertz CT molecular complexity index is 3170. The number of hydrogen-bond acceptors (Lipinski definition) is 18. The van der Waals surface area contributed by atoms with Crippen molar-refractivity contribution >= 4 is 98.5 Å². The van der Waals surface area contributed by atoms with Gasteiger partial charge in [0.05, 0.1) is 48.7 Å². The zero-order valence-electron chi connectivity index (χ0n) is 29.7. The molecule has 0 fully saturated rings. The molecule has 0 amide bonds. The van der Waals surface area contributed by atoms with Crippen molar-refractivity contribution in [1.29, 1.82) is 0 Å². The second kappa shape index (κ2) is 15.4. The summed E-state index contributed by atoms with van der Waals surface area (Å²) in [6, 6.07) is 29.0. The van der Waals surface area contributed by atoms with Gasteiger partial charge in [0.1, 0.15) is 47.4 Å². The summed E-state index contributed by atoms with van der Waals surface area (Å²) < 4.78 is 109. The molecule has 0 atom stereocenters. The molecule has 0 aromatic heterocycles. The van der Waals surface area contributed by atoms with Crippen LogP contribution in [-0.4, -0.2) is 50.4 Å². The van der Waals surface area contributed by atoms with E-state index in [1.54, 1.807) is 72.8 Å². The Balaban J connectivity index is 1.14. The maximum absolute atomic E-state index is 13.7. The zero-order chi connectivity index (χ0) is 42.3. The number of para-hydroxylation sites is 1. The van der Waals surface area contributed by atoms with Crippen LogP contribution in [0.5, 0.6) is 0 Å². The number of Topliss-reactive ketones (excluding diaryl/α,β-unsaturated/α-hetero) is 1. The Labute approximate surface area is 335 Å². The monoisotopic (exact) mass is 849 g/mol. The van der Waals surface area contributed by atoms with Gasteiger partial charge in [0.2, 0.25) is 5.78 Å². The first kappa shape index (κ1) is 40.2. The molecule has 6 aromatic rings. The van der Waals surface area contributed by atoms with Gasteiger partial charge in [0.15, 0.2) is 0 Å². The minimum absolute atomic E-state index is 0.138. The molecule has 59 heavy (non-hydrogen) atoms. The van der Waals surface area contributed by atoms with Gasteiger partial charge >= 0.3 is 0 Å². The van der Waals surface area contributed by atoms with E-state index in [0.29, 0.717) is 34.5 Å². The molecule has 0 spiro atoms. The summed E-state index contributed by atoms with van der Waals surface area (Å²) >= 11 is 0. The number of carbonyl (C=O) groups is 1. The van der Waals surface area contributed by atoms with Gasteiger partial charge in [-0.15, -0.1) is 10.2 Å². The van der Waals surface area contributed by atoms with Crippen LogP contribution in [0.2, 0.25) is 0 Å². The summed E-state index contributed by atoms with van der Waals surface area (Å²) in [6.07, 6.45) is 0.704. The highest BCUT2D eigenvalue weighted by atomic mass is 32.2. The van der Waals surface area contributed by atoms with E-state index in [1.807, 2.05) is 0 Å². The first-order chi connectivity index (χ1) is 27.9. The van der Waals surface area contributed by atoms with Crippen LogP contribution in [0.4, 0.5) is 39.8 Å². The third-order valence-corrected chi connectivity index (χ3v) is 11.4. The van der Waals surface area contributed by atoms with Crippen LogP contribution in [0.1, 0.15) is 15.9 Å². The molecule has 21 heteroatoms. The number of hydrogen-bond donors (Lipinski definition) is 3. The highest BCUT2D eigenvalue weighted by Gasteiger charge is 2.34. The van der Waals surface area contributed by atoms with Gasteiger partial charge in [-0.2, -0.15) is 15.3 Å². The molecule has 6 aromatic carbocycles. The molecule has 7 rings (SSSR count). The van der Waals surface area contributed by atoms with Crippen molar-refractivity contribution in [3.8, 4) is 11.1 Å². The van der Waals surface area contributed by atoms with Crippen LogP contribution in [0.25, 0.3) is 28.0 Å². The topological polar surface area (TPSA) is 315 Å². The molecule has 0 heterocycles. The van der Waals surface area contributed by atoms with Crippen LogP contribution < -0.4 is 16.9 Å². The van der Waals surface area contributed by atoms with Crippen molar-refractivity contribution in [2.45, 2.75) is 9.79 Å². The second-order valence-electron chi connectivity index (χ2n) is 12.6.